The second-order valence-corrected chi connectivity index (χ2v) is 6.08. The number of aliphatic imine (C=N–C) groups is 1. The Morgan fingerprint density at radius 2 is 1.96 bits per heavy atom. The van der Waals surface area contributed by atoms with Gasteiger partial charge in [0.1, 0.15) is 5.82 Å². The summed E-state index contributed by atoms with van der Waals surface area (Å²) in [6.45, 7) is 1.29. The molecule has 0 spiro atoms. The van der Waals surface area contributed by atoms with Gasteiger partial charge in [0.2, 0.25) is 6.79 Å². The van der Waals surface area contributed by atoms with Gasteiger partial charge in [-0.05, 0) is 51.3 Å². The maximum atomic E-state index is 13.2. The average Bonchev–Trinajstić information content (AvgIpc) is 3.04. The first-order valence-corrected chi connectivity index (χ1v) is 8.22. The highest BCUT2D eigenvalue weighted by Gasteiger charge is 2.17. The zero-order chi connectivity index (χ0) is 16.9. The van der Waals surface area contributed by atoms with Crippen molar-refractivity contribution in [1.29, 1.82) is 0 Å². The van der Waals surface area contributed by atoms with Gasteiger partial charge >= 0.3 is 0 Å². The van der Waals surface area contributed by atoms with Crippen LogP contribution in [0.3, 0.4) is 0 Å². The van der Waals surface area contributed by atoms with Gasteiger partial charge in [0.25, 0.3) is 0 Å². The predicted molar refractivity (Wildman–Crippen MR) is 93.7 cm³/mol. The van der Waals surface area contributed by atoms with Crippen LogP contribution in [0.15, 0.2) is 45.9 Å². The molecule has 0 amide bonds. The number of halogens is 2. The number of nitrogens with zero attached hydrogens (tertiary/aromatic N) is 1. The van der Waals surface area contributed by atoms with Gasteiger partial charge in [0.15, 0.2) is 17.5 Å². The van der Waals surface area contributed by atoms with Crippen LogP contribution in [0.5, 0.6) is 11.5 Å². The molecule has 0 unspecified atom stereocenters. The number of fused-ring (bicyclic) bond motifs is 1. The summed E-state index contributed by atoms with van der Waals surface area (Å²) in [4.78, 5) is 4.17. The molecule has 0 atom stereocenters. The minimum atomic E-state index is -0.248. The van der Waals surface area contributed by atoms with Crippen molar-refractivity contribution in [3.8, 4) is 11.5 Å². The van der Waals surface area contributed by atoms with Gasteiger partial charge in [-0.3, -0.25) is 4.99 Å². The molecule has 126 valence electrons. The molecule has 2 aromatic carbocycles. The number of nitrogens with one attached hydrogen (secondary N) is 2. The molecule has 3 rings (SSSR count). The van der Waals surface area contributed by atoms with E-state index in [0.29, 0.717) is 19.0 Å². The first-order valence-electron chi connectivity index (χ1n) is 7.42. The summed E-state index contributed by atoms with van der Waals surface area (Å²) in [6, 6.07) is 10.4. The topological polar surface area (TPSA) is 54.9 Å². The molecule has 0 saturated carbocycles. The highest BCUT2D eigenvalue weighted by atomic mass is 79.9. The van der Waals surface area contributed by atoms with E-state index in [9.17, 15) is 4.39 Å². The van der Waals surface area contributed by atoms with Gasteiger partial charge in [-0.1, -0.05) is 12.1 Å². The molecule has 2 N–H and O–H groups in total. The molecule has 5 nitrogen and oxygen atoms in total. The van der Waals surface area contributed by atoms with Gasteiger partial charge in [0, 0.05) is 20.1 Å². The SMILES string of the molecule is CN=C(NCc1cccc(F)c1)NCc1cc(Br)c2c(c1)OCO2. The van der Waals surface area contributed by atoms with E-state index in [2.05, 4.69) is 31.6 Å². The summed E-state index contributed by atoms with van der Waals surface area (Å²) in [7, 11) is 1.69. The summed E-state index contributed by atoms with van der Waals surface area (Å²) in [5.74, 6) is 1.84. The number of ether oxygens (including phenoxy) is 2. The second kappa shape index (κ2) is 7.53. The third-order valence-electron chi connectivity index (χ3n) is 3.52. The molecule has 0 aromatic heterocycles. The Bertz CT molecular complexity index is 767. The molecule has 0 radical (unpaired) electrons. The molecule has 1 heterocycles. The van der Waals surface area contributed by atoms with Crippen LogP contribution in [0, 0.1) is 5.82 Å². The highest BCUT2D eigenvalue weighted by molar-refractivity contribution is 9.10. The number of benzene rings is 2. The van der Waals surface area contributed by atoms with Crippen LogP contribution in [0.4, 0.5) is 4.39 Å². The number of hydrogen-bond acceptors (Lipinski definition) is 3. The molecular weight excluding hydrogens is 377 g/mol. The van der Waals surface area contributed by atoms with E-state index in [0.717, 1.165) is 27.1 Å². The first kappa shape index (κ1) is 16.6. The molecule has 0 bridgehead atoms. The van der Waals surface area contributed by atoms with E-state index in [-0.39, 0.29) is 12.6 Å². The lowest BCUT2D eigenvalue weighted by Gasteiger charge is -2.13. The van der Waals surface area contributed by atoms with Crippen LogP contribution >= 0.6 is 15.9 Å². The fraction of sp³-hybridized carbons (Fsp3) is 0.235. The third kappa shape index (κ3) is 3.97. The Balaban J connectivity index is 1.57. The Kier molecular flexibility index (Phi) is 5.20. The minimum absolute atomic E-state index is 0.238. The second-order valence-electron chi connectivity index (χ2n) is 5.22. The van der Waals surface area contributed by atoms with E-state index in [4.69, 9.17) is 9.47 Å². The molecule has 0 saturated heterocycles. The van der Waals surface area contributed by atoms with Crippen LogP contribution in [0.1, 0.15) is 11.1 Å². The van der Waals surface area contributed by atoms with Crippen LogP contribution in [-0.2, 0) is 13.1 Å². The van der Waals surface area contributed by atoms with Gasteiger partial charge in [-0.2, -0.15) is 0 Å². The van der Waals surface area contributed by atoms with Crippen molar-refractivity contribution < 1.29 is 13.9 Å². The summed E-state index contributed by atoms with van der Waals surface area (Å²) in [5.41, 5.74) is 1.88. The number of guanidine groups is 1. The fourth-order valence-electron chi connectivity index (χ4n) is 2.36. The maximum absolute atomic E-state index is 13.2. The van der Waals surface area contributed by atoms with Gasteiger partial charge in [0.05, 0.1) is 4.47 Å². The molecule has 1 aliphatic rings. The van der Waals surface area contributed by atoms with Crippen molar-refractivity contribution in [2.24, 2.45) is 4.99 Å². The van der Waals surface area contributed by atoms with Crippen molar-refractivity contribution in [3.63, 3.8) is 0 Å². The molecule has 7 heteroatoms. The van der Waals surface area contributed by atoms with Crippen molar-refractivity contribution in [2.75, 3.05) is 13.8 Å². The van der Waals surface area contributed by atoms with Crippen molar-refractivity contribution >= 4 is 21.9 Å². The van der Waals surface area contributed by atoms with Gasteiger partial charge in [-0.25, -0.2) is 4.39 Å². The minimum Gasteiger partial charge on any atom is -0.454 e. The summed E-state index contributed by atoms with van der Waals surface area (Å²) in [6.07, 6.45) is 0. The van der Waals surface area contributed by atoms with Crippen LogP contribution < -0.4 is 20.1 Å². The summed E-state index contributed by atoms with van der Waals surface area (Å²) < 4.78 is 24.8. The largest absolute Gasteiger partial charge is 0.454 e. The zero-order valence-electron chi connectivity index (χ0n) is 13.1. The molecule has 2 aromatic rings. The Hall–Kier alpha value is -2.28. The van der Waals surface area contributed by atoms with Crippen molar-refractivity contribution in [3.05, 3.63) is 57.8 Å². The van der Waals surface area contributed by atoms with E-state index >= 15 is 0 Å². The Morgan fingerprint density at radius 3 is 2.71 bits per heavy atom. The maximum Gasteiger partial charge on any atom is 0.231 e. The molecule has 0 aliphatic carbocycles. The van der Waals surface area contributed by atoms with Gasteiger partial charge < -0.3 is 20.1 Å². The number of hydrogen-bond donors (Lipinski definition) is 2. The van der Waals surface area contributed by atoms with Crippen LogP contribution in [0.2, 0.25) is 0 Å². The van der Waals surface area contributed by atoms with Crippen LogP contribution in [-0.4, -0.2) is 19.8 Å². The quantitative estimate of drug-likeness (QED) is 0.618. The van der Waals surface area contributed by atoms with E-state index in [1.807, 2.05) is 18.2 Å². The van der Waals surface area contributed by atoms with E-state index in [1.165, 1.54) is 12.1 Å². The van der Waals surface area contributed by atoms with Crippen molar-refractivity contribution in [1.82, 2.24) is 10.6 Å². The third-order valence-corrected chi connectivity index (χ3v) is 4.11. The lowest BCUT2D eigenvalue weighted by atomic mass is 10.2. The summed E-state index contributed by atoms with van der Waals surface area (Å²) in [5, 5.41) is 6.37. The van der Waals surface area contributed by atoms with E-state index in [1.54, 1.807) is 13.1 Å². The Labute approximate surface area is 148 Å². The molecule has 1 aliphatic heterocycles. The molecular formula is C17H17BrFN3O2. The lowest BCUT2D eigenvalue weighted by Crippen LogP contribution is -2.36. The highest BCUT2D eigenvalue weighted by Crippen LogP contribution is 2.39. The monoisotopic (exact) mass is 393 g/mol. The average molecular weight is 394 g/mol. The zero-order valence-corrected chi connectivity index (χ0v) is 14.7. The first-order chi connectivity index (χ1) is 11.7. The number of rotatable bonds is 4. The normalized spacial score (nSPS) is 13.0. The predicted octanol–water partition coefficient (Wildman–Crippen LogP) is 3.18. The lowest BCUT2D eigenvalue weighted by molar-refractivity contribution is 0.173. The Morgan fingerprint density at radius 1 is 1.17 bits per heavy atom. The molecule has 24 heavy (non-hydrogen) atoms. The van der Waals surface area contributed by atoms with Gasteiger partial charge in [-0.15, -0.1) is 0 Å². The fourth-order valence-corrected chi connectivity index (χ4v) is 2.97. The van der Waals surface area contributed by atoms with Crippen LogP contribution in [0.25, 0.3) is 0 Å². The standard InChI is InChI=1S/C17H17BrFN3O2/c1-20-17(21-8-11-3-2-4-13(19)5-11)22-9-12-6-14(18)16-15(7-12)23-10-24-16/h2-7H,8-10H2,1H3,(H2,20,21,22). The molecule has 0 fully saturated rings. The van der Waals surface area contributed by atoms with E-state index < -0.39 is 0 Å². The smallest absolute Gasteiger partial charge is 0.231 e. The summed E-state index contributed by atoms with van der Waals surface area (Å²) >= 11 is 3.48. The van der Waals surface area contributed by atoms with Crippen molar-refractivity contribution in [2.45, 2.75) is 13.1 Å².